The number of rotatable bonds is 4. The van der Waals surface area contributed by atoms with Gasteiger partial charge in [0.2, 0.25) is 0 Å². The lowest BCUT2D eigenvalue weighted by atomic mass is 10.1. The number of hydrogen-bond donors (Lipinski definition) is 1. The first kappa shape index (κ1) is 14.4. The van der Waals surface area contributed by atoms with Gasteiger partial charge in [-0.05, 0) is 50.1 Å². The van der Waals surface area contributed by atoms with Crippen molar-refractivity contribution in [1.82, 2.24) is 9.88 Å². The van der Waals surface area contributed by atoms with Crippen molar-refractivity contribution in [3.8, 4) is 0 Å². The number of halogens is 1. The van der Waals surface area contributed by atoms with E-state index in [4.69, 9.17) is 0 Å². The van der Waals surface area contributed by atoms with E-state index in [1.165, 1.54) is 11.1 Å². The molecular weight excluding hydrogens is 300 g/mol. The van der Waals surface area contributed by atoms with Crippen molar-refractivity contribution in [1.29, 1.82) is 0 Å². The Morgan fingerprint density at radius 3 is 2.37 bits per heavy atom. The Labute approximate surface area is 124 Å². The van der Waals surface area contributed by atoms with Crippen LogP contribution in [0.5, 0.6) is 0 Å². The summed E-state index contributed by atoms with van der Waals surface area (Å²) in [5, 5.41) is 3.50. The second kappa shape index (κ2) is 5.93. The average molecular weight is 321 g/mol. The van der Waals surface area contributed by atoms with Crippen molar-refractivity contribution < 1.29 is 0 Å². The fraction of sp³-hybridized carbons (Fsp3) is 0.375. The summed E-state index contributed by atoms with van der Waals surface area (Å²) in [5.41, 5.74) is 2.80. The smallest absolute Gasteiger partial charge is 0.0470 e. The molecule has 0 aliphatic carbocycles. The van der Waals surface area contributed by atoms with Gasteiger partial charge in [0.1, 0.15) is 0 Å². The Hall–Kier alpha value is -1.06. The normalized spacial score (nSPS) is 11.8. The van der Waals surface area contributed by atoms with E-state index >= 15 is 0 Å². The number of nitrogens with zero attached hydrogens (tertiary/aromatic N) is 1. The molecule has 2 nitrogen and oxygen atoms in total. The van der Waals surface area contributed by atoms with Gasteiger partial charge in [0.05, 0.1) is 0 Å². The second-order valence-electron chi connectivity index (χ2n) is 5.92. The minimum Gasteiger partial charge on any atom is -0.350 e. The van der Waals surface area contributed by atoms with Gasteiger partial charge >= 0.3 is 0 Å². The Kier molecular flexibility index (Phi) is 4.48. The molecule has 1 N–H and O–H groups in total. The molecule has 102 valence electrons. The summed E-state index contributed by atoms with van der Waals surface area (Å²) in [7, 11) is 0. The maximum Gasteiger partial charge on any atom is 0.0470 e. The molecule has 1 aromatic carbocycles. The highest BCUT2D eigenvalue weighted by Gasteiger charge is 2.08. The molecule has 0 atom stereocenters. The van der Waals surface area contributed by atoms with E-state index in [-0.39, 0.29) is 5.54 Å². The van der Waals surface area contributed by atoms with Crippen LogP contribution in [0.25, 0.3) is 0 Å². The first-order valence-electron chi connectivity index (χ1n) is 6.56. The highest BCUT2D eigenvalue weighted by atomic mass is 79.9. The number of nitrogens with one attached hydrogen (secondary N) is 1. The van der Waals surface area contributed by atoms with Crippen LogP contribution in [-0.2, 0) is 13.1 Å². The molecule has 0 saturated heterocycles. The lowest BCUT2D eigenvalue weighted by Gasteiger charge is -2.19. The van der Waals surface area contributed by atoms with Crippen LogP contribution >= 0.6 is 15.9 Å². The highest BCUT2D eigenvalue weighted by molar-refractivity contribution is 9.10. The summed E-state index contributed by atoms with van der Waals surface area (Å²) < 4.78 is 3.35. The van der Waals surface area contributed by atoms with E-state index in [2.05, 4.69) is 89.3 Å². The van der Waals surface area contributed by atoms with Crippen molar-refractivity contribution in [3.05, 3.63) is 58.3 Å². The van der Waals surface area contributed by atoms with Crippen molar-refractivity contribution in [2.24, 2.45) is 0 Å². The van der Waals surface area contributed by atoms with E-state index in [9.17, 15) is 0 Å². The molecule has 0 spiro atoms. The quantitative estimate of drug-likeness (QED) is 0.893. The van der Waals surface area contributed by atoms with Crippen LogP contribution in [0, 0.1) is 0 Å². The summed E-state index contributed by atoms with van der Waals surface area (Å²) in [4.78, 5) is 0. The zero-order chi connectivity index (χ0) is 13.9. The molecule has 0 aliphatic heterocycles. The number of benzene rings is 1. The third kappa shape index (κ3) is 4.84. The van der Waals surface area contributed by atoms with E-state index in [1.54, 1.807) is 0 Å². The summed E-state index contributed by atoms with van der Waals surface area (Å²) in [6, 6.07) is 10.6. The second-order valence-corrected chi connectivity index (χ2v) is 6.84. The molecule has 0 radical (unpaired) electrons. The minimum atomic E-state index is 0.161. The zero-order valence-electron chi connectivity index (χ0n) is 11.8. The van der Waals surface area contributed by atoms with Crippen molar-refractivity contribution in [2.75, 3.05) is 0 Å². The molecule has 2 aromatic rings. The third-order valence-electron chi connectivity index (χ3n) is 2.91. The zero-order valence-corrected chi connectivity index (χ0v) is 13.4. The maximum atomic E-state index is 3.50. The predicted molar refractivity (Wildman–Crippen MR) is 84.3 cm³/mol. The van der Waals surface area contributed by atoms with Crippen molar-refractivity contribution >= 4 is 15.9 Å². The number of hydrogen-bond acceptors (Lipinski definition) is 1. The molecule has 0 fully saturated rings. The molecule has 0 saturated carbocycles. The SMILES string of the molecule is CC(C)(C)NCc1ccn(Cc2ccc(Br)cc2)c1. The van der Waals surface area contributed by atoms with Gasteiger partial charge < -0.3 is 9.88 Å². The fourth-order valence-corrected chi connectivity index (χ4v) is 2.13. The fourth-order valence-electron chi connectivity index (χ4n) is 1.86. The van der Waals surface area contributed by atoms with Gasteiger partial charge in [0, 0.05) is 35.5 Å². The molecule has 1 aromatic heterocycles. The van der Waals surface area contributed by atoms with Crippen LogP contribution in [-0.4, -0.2) is 10.1 Å². The lowest BCUT2D eigenvalue weighted by Crippen LogP contribution is -2.34. The average Bonchev–Trinajstić information content (AvgIpc) is 2.77. The van der Waals surface area contributed by atoms with Gasteiger partial charge in [-0.15, -0.1) is 0 Å². The molecule has 3 heteroatoms. The topological polar surface area (TPSA) is 17.0 Å². The Morgan fingerprint density at radius 2 is 1.74 bits per heavy atom. The molecule has 19 heavy (non-hydrogen) atoms. The van der Waals surface area contributed by atoms with Gasteiger partial charge in [0.15, 0.2) is 0 Å². The van der Waals surface area contributed by atoms with Gasteiger partial charge in [-0.2, -0.15) is 0 Å². The van der Waals surface area contributed by atoms with Crippen molar-refractivity contribution in [3.63, 3.8) is 0 Å². The third-order valence-corrected chi connectivity index (χ3v) is 3.44. The minimum absolute atomic E-state index is 0.161. The molecule has 0 bridgehead atoms. The predicted octanol–water partition coefficient (Wildman–Crippen LogP) is 4.19. The van der Waals surface area contributed by atoms with E-state index < -0.39 is 0 Å². The molecule has 0 amide bonds. The van der Waals surface area contributed by atoms with E-state index in [0.717, 1.165) is 17.6 Å². The highest BCUT2D eigenvalue weighted by Crippen LogP contribution is 2.12. The van der Waals surface area contributed by atoms with Crippen LogP contribution < -0.4 is 5.32 Å². The molecule has 0 aliphatic rings. The van der Waals surface area contributed by atoms with Gasteiger partial charge in [-0.3, -0.25) is 0 Å². The van der Waals surface area contributed by atoms with Crippen LogP contribution in [0.2, 0.25) is 0 Å². The first-order valence-corrected chi connectivity index (χ1v) is 7.36. The maximum absolute atomic E-state index is 3.50. The summed E-state index contributed by atoms with van der Waals surface area (Å²) in [6.07, 6.45) is 4.35. The largest absolute Gasteiger partial charge is 0.350 e. The summed E-state index contributed by atoms with van der Waals surface area (Å²) in [6.45, 7) is 8.39. The van der Waals surface area contributed by atoms with E-state index in [0.29, 0.717) is 0 Å². The summed E-state index contributed by atoms with van der Waals surface area (Å²) >= 11 is 3.46. The van der Waals surface area contributed by atoms with Crippen molar-refractivity contribution in [2.45, 2.75) is 39.4 Å². The first-order chi connectivity index (χ1) is 8.92. The Morgan fingerprint density at radius 1 is 1.05 bits per heavy atom. The Bertz CT molecular complexity index is 520. The standard InChI is InChI=1S/C16H21BrN2/c1-16(2,3)18-10-14-8-9-19(12-14)11-13-4-6-15(17)7-5-13/h4-9,12,18H,10-11H2,1-3H3. The summed E-state index contributed by atoms with van der Waals surface area (Å²) in [5.74, 6) is 0. The van der Waals surface area contributed by atoms with E-state index in [1.807, 2.05) is 0 Å². The molecule has 0 unspecified atom stereocenters. The van der Waals surface area contributed by atoms with Crippen LogP contribution in [0.4, 0.5) is 0 Å². The van der Waals surface area contributed by atoms with Crippen LogP contribution in [0.3, 0.4) is 0 Å². The molecular formula is C16H21BrN2. The monoisotopic (exact) mass is 320 g/mol. The van der Waals surface area contributed by atoms with Gasteiger partial charge in [0.25, 0.3) is 0 Å². The van der Waals surface area contributed by atoms with Crippen LogP contribution in [0.15, 0.2) is 47.2 Å². The van der Waals surface area contributed by atoms with Crippen LogP contribution in [0.1, 0.15) is 31.9 Å². The van der Waals surface area contributed by atoms with Gasteiger partial charge in [-0.1, -0.05) is 28.1 Å². The van der Waals surface area contributed by atoms with Gasteiger partial charge in [-0.25, -0.2) is 0 Å². The number of aromatic nitrogens is 1. The Balaban J connectivity index is 1.95. The molecule has 1 heterocycles. The lowest BCUT2D eigenvalue weighted by molar-refractivity contribution is 0.424. The molecule has 2 rings (SSSR count).